The van der Waals surface area contributed by atoms with Crippen molar-refractivity contribution in [1.82, 2.24) is 4.98 Å². The summed E-state index contributed by atoms with van der Waals surface area (Å²) in [5.74, 6) is 1.38. The van der Waals surface area contributed by atoms with Crippen molar-refractivity contribution in [3.63, 3.8) is 0 Å². The van der Waals surface area contributed by atoms with E-state index in [-0.39, 0.29) is 0 Å². The molecule has 2 saturated carbocycles. The van der Waals surface area contributed by atoms with Crippen LogP contribution in [0.5, 0.6) is 0 Å². The van der Waals surface area contributed by atoms with Gasteiger partial charge in [0.2, 0.25) is 5.89 Å². The Bertz CT molecular complexity index is 734. The number of hydrogen-bond donors (Lipinski definition) is 1. The molecule has 0 unspecified atom stereocenters. The summed E-state index contributed by atoms with van der Waals surface area (Å²) in [6, 6.07) is 8.99. The van der Waals surface area contributed by atoms with Gasteiger partial charge in [-0.05, 0) is 44.4 Å². The molecule has 3 aliphatic rings. The van der Waals surface area contributed by atoms with Crippen molar-refractivity contribution in [3.8, 4) is 11.5 Å². The maximum absolute atomic E-state index is 6.01. The lowest BCUT2D eigenvalue weighted by Crippen LogP contribution is -2.68. The number of ether oxygens (including phenoxy) is 1. The molecule has 1 N–H and O–H groups in total. The number of aryl methyl sites for hydroxylation is 1. The molecule has 5 rings (SSSR count). The Labute approximate surface area is 136 Å². The average Bonchev–Trinajstić information content (AvgIpc) is 3.11. The second kappa shape index (κ2) is 4.84. The predicted octanol–water partition coefficient (Wildman–Crippen LogP) is 4.02. The number of nitrogens with one attached hydrogen (secondary N) is 1. The summed E-state index contributed by atoms with van der Waals surface area (Å²) in [5, 5.41) is 3.81. The van der Waals surface area contributed by atoms with Gasteiger partial charge in [-0.1, -0.05) is 12.5 Å². The first-order chi connectivity index (χ1) is 11.3. The minimum Gasteiger partial charge on any atom is -0.444 e. The number of nitrogens with zero attached hydrogens (tertiary/aromatic N) is 1. The first kappa shape index (κ1) is 13.6. The van der Waals surface area contributed by atoms with E-state index in [2.05, 4.69) is 34.6 Å². The van der Waals surface area contributed by atoms with Gasteiger partial charge in [0.05, 0.1) is 11.8 Å². The number of benzene rings is 1. The van der Waals surface area contributed by atoms with Crippen LogP contribution in [0.1, 0.15) is 31.4 Å². The lowest BCUT2D eigenvalue weighted by atomic mass is 9.46. The Morgan fingerprint density at radius 1 is 1.30 bits per heavy atom. The van der Waals surface area contributed by atoms with Gasteiger partial charge in [-0.3, -0.25) is 0 Å². The average molecular weight is 310 g/mol. The highest BCUT2D eigenvalue weighted by Crippen LogP contribution is 2.63. The van der Waals surface area contributed by atoms with Crippen molar-refractivity contribution in [3.05, 3.63) is 36.2 Å². The number of fused-ring (bicyclic) bond motifs is 2. The molecule has 0 radical (unpaired) electrons. The van der Waals surface area contributed by atoms with E-state index < -0.39 is 0 Å². The van der Waals surface area contributed by atoms with Crippen LogP contribution in [0.4, 0.5) is 5.69 Å². The second-order valence-corrected chi connectivity index (χ2v) is 7.33. The first-order valence-electron chi connectivity index (χ1n) is 8.67. The minimum absolute atomic E-state index is 0.399. The molecule has 1 aromatic heterocycles. The van der Waals surface area contributed by atoms with E-state index in [9.17, 15) is 0 Å². The topological polar surface area (TPSA) is 47.3 Å². The fourth-order valence-corrected chi connectivity index (χ4v) is 4.86. The van der Waals surface area contributed by atoms with Crippen molar-refractivity contribution in [2.24, 2.45) is 11.3 Å². The molecule has 1 aromatic carbocycles. The summed E-state index contributed by atoms with van der Waals surface area (Å²) in [4.78, 5) is 4.43. The van der Waals surface area contributed by atoms with E-state index in [0.717, 1.165) is 17.9 Å². The summed E-state index contributed by atoms with van der Waals surface area (Å²) < 4.78 is 11.5. The van der Waals surface area contributed by atoms with Gasteiger partial charge in [-0.2, -0.15) is 0 Å². The van der Waals surface area contributed by atoms with Gasteiger partial charge in [0.1, 0.15) is 6.26 Å². The van der Waals surface area contributed by atoms with Crippen LogP contribution in [0.15, 0.2) is 34.9 Å². The molecule has 0 bridgehead atoms. The van der Waals surface area contributed by atoms with E-state index in [1.165, 1.54) is 31.4 Å². The third-order valence-electron chi connectivity index (χ3n) is 6.09. The number of aromatic nitrogens is 1. The second-order valence-electron chi connectivity index (χ2n) is 7.33. The van der Waals surface area contributed by atoms with Crippen LogP contribution >= 0.6 is 0 Å². The molecule has 4 heteroatoms. The summed E-state index contributed by atoms with van der Waals surface area (Å²) in [6.45, 7) is 2.88. The minimum atomic E-state index is 0.399. The van der Waals surface area contributed by atoms with E-state index in [1.807, 2.05) is 6.92 Å². The quantitative estimate of drug-likeness (QED) is 0.930. The van der Waals surface area contributed by atoms with Gasteiger partial charge in [-0.25, -0.2) is 4.98 Å². The van der Waals surface area contributed by atoms with E-state index >= 15 is 0 Å². The van der Waals surface area contributed by atoms with Gasteiger partial charge in [0, 0.05) is 35.2 Å². The van der Waals surface area contributed by atoms with Crippen molar-refractivity contribution in [2.45, 2.75) is 44.8 Å². The Hall–Kier alpha value is -1.81. The molecule has 0 amide bonds. The molecule has 4 nitrogen and oxygen atoms in total. The maximum Gasteiger partial charge on any atom is 0.226 e. The molecule has 1 saturated heterocycles. The monoisotopic (exact) mass is 310 g/mol. The Morgan fingerprint density at radius 3 is 2.96 bits per heavy atom. The van der Waals surface area contributed by atoms with Crippen molar-refractivity contribution < 1.29 is 9.15 Å². The molecular weight excluding hydrogens is 288 g/mol. The zero-order chi connectivity index (χ0) is 15.4. The molecule has 120 valence electrons. The molecule has 3 atom stereocenters. The third kappa shape index (κ3) is 1.91. The van der Waals surface area contributed by atoms with Gasteiger partial charge in [-0.15, -0.1) is 0 Å². The van der Waals surface area contributed by atoms with E-state index in [4.69, 9.17) is 9.15 Å². The Kier molecular flexibility index (Phi) is 2.87. The lowest BCUT2D eigenvalue weighted by Gasteiger charge is -2.63. The fraction of sp³-hybridized carbons (Fsp3) is 0.526. The highest BCUT2D eigenvalue weighted by molar-refractivity contribution is 5.62. The third-order valence-corrected chi connectivity index (χ3v) is 6.09. The van der Waals surface area contributed by atoms with Gasteiger partial charge in [0.25, 0.3) is 0 Å². The van der Waals surface area contributed by atoms with Crippen LogP contribution in [-0.2, 0) is 4.74 Å². The van der Waals surface area contributed by atoms with E-state index in [1.54, 1.807) is 6.26 Å². The van der Waals surface area contributed by atoms with Crippen LogP contribution < -0.4 is 5.32 Å². The SMILES string of the molecule is Cc1coc(-c2cccc(N[C@@H]3[C@@H]4CCO[C@H]4C34CCC4)c2)n1. The van der Waals surface area contributed by atoms with Crippen LogP contribution in [0.25, 0.3) is 11.5 Å². The summed E-state index contributed by atoms with van der Waals surface area (Å²) >= 11 is 0. The highest BCUT2D eigenvalue weighted by atomic mass is 16.5. The summed E-state index contributed by atoms with van der Waals surface area (Å²) in [7, 11) is 0. The van der Waals surface area contributed by atoms with Crippen LogP contribution in [0, 0.1) is 18.3 Å². The summed E-state index contributed by atoms with van der Waals surface area (Å²) in [5.41, 5.74) is 3.51. The first-order valence-corrected chi connectivity index (χ1v) is 8.67. The van der Waals surface area contributed by atoms with Crippen molar-refractivity contribution in [2.75, 3.05) is 11.9 Å². The molecule has 2 aromatic rings. The smallest absolute Gasteiger partial charge is 0.226 e. The fourth-order valence-electron chi connectivity index (χ4n) is 4.86. The summed E-state index contributed by atoms with van der Waals surface area (Å²) in [6.07, 6.45) is 7.37. The van der Waals surface area contributed by atoms with Crippen molar-refractivity contribution >= 4 is 5.69 Å². The van der Waals surface area contributed by atoms with Gasteiger partial charge < -0.3 is 14.5 Å². The highest BCUT2D eigenvalue weighted by Gasteiger charge is 2.66. The van der Waals surface area contributed by atoms with Crippen LogP contribution in [0.3, 0.4) is 0 Å². The number of rotatable bonds is 3. The molecule has 1 aliphatic heterocycles. The normalized spacial score (nSPS) is 30.6. The molecule has 2 heterocycles. The molecule has 1 spiro atoms. The largest absolute Gasteiger partial charge is 0.444 e. The molecule has 2 aliphatic carbocycles. The molecule has 23 heavy (non-hydrogen) atoms. The standard InChI is InChI=1S/C19H22N2O2/c1-12-11-23-18(20-12)13-4-2-5-14(10-13)21-16-15-6-9-22-17(15)19(16)7-3-8-19/h2,4-5,10-11,15-17,21H,3,6-9H2,1H3/t15-,16+,17+/m0/s1. The molecular formula is C19H22N2O2. The van der Waals surface area contributed by atoms with Crippen LogP contribution in [0.2, 0.25) is 0 Å². The van der Waals surface area contributed by atoms with E-state index in [0.29, 0.717) is 29.4 Å². The number of anilines is 1. The predicted molar refractivity (Wildman–Crippen MR) is 88.2 cm³/mol. The zero-order valence-corrected chi connectivity index (χ0v) is 13.4. The van der Waals surface area contributed by atoms with Gasteiger partial charge >= 0.3 is 0 Å². The maximum atomic E-state index is 6.01. The Morgan fingerprint density at radius 2 is 2.22 bits per heavy atom. The van der Waals surface area contributed by atoms with Gasteiger partial charge in [0.15, 0.2) is 0 Å². The number of hydrogen-bond acceptors (Lipinski definition) is 4. The zero-order valence-electron chi connectivity index (χ0n) is 13.4. The molecule has 3 fully saturated rings. The van der Waals surface area contributed by atoms with Crippen LogP contribution in [-0.4, -0.2) is 23.7 Å². The lowest BCUT2D eigenvalue weighted by molar-refractivity contribution is -0.158. The number of oxazole rings is 1. The van der Waals surface area contributed by atoms with Crippen molar-refractivity contribution in [1.29, 1.82) is 0 Å². The Balaban J connectivity index is 1.40.